The number of benzene rings is 2. The summed E-state index contributed by atoms with van der Waals surface area (Å²) in [6.07, 6.45) is 0.973. The van der Waals surface area contributed by atoms with Crippen molar-refractivity contribution in [3.63, 3.8) is 0 Å². The third-order valence-electron chi connectivity index (χ3n) is 4.38. The normalized spacial score (nSPS) is 13.4. The van der Waals surface area contributed by atoms with Crippen molar-refractivity contribution in [3.05, 3.63) is 76.6 Å². The van der Waals surface area contributed by atoms with Crippen molar-refractivity contribution >= 4 is 28.9 Å². The van der Waals surface area contributed by atoms with Crippen molar-refractivity contribution in [1.82, 2.24) is 9.97 Å². The summed E-state index contributed by atoms with van der Waals surface area (Å²) >= 11 is 6.11. The highest BCUT2D eigenvalue weighted by molar-refractivity contribution is 6.30. The van der Waals surface area contributed by atoms with Gasteiger partial charge < -0.3 is 10.2 Å². The third kappa shape index (κ3) is 3.59. The van der Waals surface area contributed by atoms with Gasteiger partial charge in [-0.2, -0.15) is 0 Å². The zero-order valence-electron chi connectivity index (χ0n) is 14.0. The van der Waals surface area contributed by atoms with Gasteiger partial charge in [-0.15, -0.1) is 0 Å². The van der Waals surface area contributed by atoms with Crippen LogP contribution in [0.25, 0.3) is 0 Å². The zero-order chi connectivity index (χ0) is 17.2. The van der Waals surface area contributed by atoms with Crippen LogP contribution in [0.2, 0.25) is 5.02 Å². The number of fused-ring (bicyclic) bond motifs is 1. The van der Waals surface area contributed by atoms with Crippen molar-refractivity contribution < 1.29 is 0 Å². The second-order valence-corrected chi connectivity index (χ2v) is 6.67. The summed E-state index contributed by atoms with van der Waals surface area (Å²) in [5, 5.41) is 4.16. The molecule has 0 amide bonds. The van der Waals surface area contributed by atoms with Crippen molar-refractivity contribution in [2.45, 2.75) is 19.9 Å². The molecule has 25 heavy (non-hydrogen) atoms. The standard InChI is InChI=1S/C20H19ClN4/c1-14-22-19(24-18-5-3-2-4-6-18)12-20(23-14)25-10-9-15-11-17(21)8-7-16(15)13-25/h2-8,11-12H,9-10,13H2,1H3,(H,22,23,24). The zero-order valence-corrected chi connectivity index (χ0v) is 14.8. The highest BCUT2D eigenvalue weighted by atomic mass is 35.5. The summed E-state index contributed by atoms with van der Waals surface area (Å²) < 4.78 is 0. The molecule has 0 unspecified atom stereocenters. The fourth-order valence-corrected chi connectivity index (χ4v) is 3.36. The summed E-state index contributed by atoms with van der Waals surface area (Å²) in [6.45, 7) is 3.69. The molecule has 0 fully saturated rings. The van der Waals surface area contributed by atoms with Crippen molar-refractivity contribution in [3.8, 4) is 0 Å². The van der Waals surface area contributed by atoms with Gasteiger partial charge in [0, 0.05) is 29.9 Å². The number of halogens is 1. The molecule has 3 aromatic rings. The molecule has 2 heterocycles. The van der Waals surface area contributed by atoms with Crippen LogP contribution in [-0.2, 0) is 13.0 Å². The van der Waals surface area contributed by atoms with E-state index in [1.807, 2.05) is 49.4 Å². The average molecular weight is 351 g/mol. The van der Waals surface area contributed by atoms with Crippen LogP contribution in [-0.4, -0.2) is 16.5 Å². The predicted molar refractivity (Wildman–Crippen MR) is 103 cm³/mol. The maximum absolute atomic E-state index is 6.11. The molecule has 5 heteroatoms. The molecule has 0 saturated heterocycles. The van der Waals surface area contributed by atoms with Gasteiger partial charge in [-0.25, -0.2) is 9.97 Å². The van der Waals surface area contributed by atoms with E-state index < -0.39 is 0 Å². The van der Waals surface area contributed by atoms with Crippen molar-refractivity contribution in [1.29, 1.82) is 0 Å². The molecule has 0 aliphatic carbocycles. The van der Waals surface area contributed by atoms with Crippen LogP contribution >= 0.6 is 11.6 Å². The van der Waals surface area contributed by atoms with Gasteiger partial charge >= 0.3 is 0 Å². The molecule has 0 radical (unpaired) electrons. The Morgan fingerprint density at radius 1 is 1.00 bits per heavy atom. The largest absolute Gasteiger partial charge is 0.352 e. The van der Waals surface area contributed by atoms with E-state index in [0.29, 0.717) is 0 Å². The Hall–Kier alpha value is -2.59. The minimum atomic E-state index is 0.762. The SMILES string of the molecule is Cc1nc(Nc2ccccc2)cc(N2CCc3cc(Cl)ccc3C2)n1. The molecular weight excluding hydrogens is 332 g/mol. The fraction of sp³-hybridized carbons (Fsp3) is 0.200. The highest BCUT2D eigenvalue weighted by Gasteiger charge is 2.18. The van der Waals surface area contributed by atoms with Gasteiger partial charge in [0.25, 0.3) is 0 Å². The molecule has 0 bridgehead atoms. The molecule has 2 aromatic carbocycles. The summed E-state index contributed by atoms with van der Waals surface area (Å²) in [5.74, 6) is 2.53. The van der Waals surface area contributed by atoms with E-state index in [2.05, 4.69) is 32.3 Å². The van der Waals surface area contributed by atoms with Crippen molar-refractivity contribution in [2.75, 3.05) is 16.8 Å². The maximum atomic E-state index is 6.11. The van der Waals surface area contributed by atoms with Gasteiger partial charge in [-0.3, -0.25) is 0 Å². The Labute approximate surface area is 152 Å². The summed E-state index contributed by atoms with van der Waals surface area (Å²) in [5.41, 5.74) is 3.66. The van der Waals surface area contributed by atoms with Crippen molar-refractivity contribution in [2.24, 2.45) is 0 Å². The first-order valence-corrected chi connectivity index (χ1v) is 8.75. The Morgan fingerprint density at radius 3 is 2.68 bits per heavy atom. The van der Waals surface area contributed by atoms with Crippen LogP contribution in [0.5, 0.6) is 0 Å². The van der Waals surface area contributed by atoms with E-state index in [1.54, 1.807) is 0 Å². The van der Waals surface area contributed by atoms with E-state index in [4.69, 9.17) is 11.6 Å². The van der Waals surface area contributed by atoms with Crippen LogP contribution < -0.4 is 10.2 Å². The van der Waals surface area contributed by atoms with Crippen LogP contribution in [0.1, 0.15) is 17.0 Å². The van der Waals surface area contributed by atoms with E-state index in [1.165, 1.54) is 11.1 Å². The number of nitrogens with one attached hydrogen (secondary N) is 1. The number of aryl methyl sites for hydroxylation is 1. The molecule has 0 saturated carbocycles. The van der Waals surface area contributed by atoms with E-state index in [0.717, 1.165) is 47.7 Å². The maximum Gasteiger partial charge on any atom is 0.136 e. The van der Waals surface area contributed by atoms with Gasteiger partial charge in [0.15, 0.2) is 0 Å². The summed E-state index contributed by atoms with van der Waals surface area (Å²) in [4.78, 5) is 11.4. The number of hydrogen-bond acceptors (Lipinski definition) is 4. The van der Waals surface area contributed by atoms with E-state index in [9.17, 15) is 0 Å². The molecule has 0 spiro atoms. The minimum Gasteiger partial charge on any atom is -0.352 e. The molecule has 1 aliphatic heterocycles. The first-order valence-electron chi connectivity index (χ1n) is 8.37. The lowest BCUT2D eigenvalue weighted by Gasteiger charge is -2.30. The molecule has 0 atom stereocenters. The first-order chi connectivity index (χ1) is 12.2. The molecule has 1 N–H and O–H groups in total. The number of aromatic nitrogens is 2. The Kier molecular flexibility index (Phi) is 4.28. The smallest absolute Gasteiger partial charge is 0.136 e. The first kappa shape index (κ1) is 15.9. The summed E-state index contributed by atoms with van der Waals surface area (Å²) in [6, 6.07) is 18.2. The number of para-hydroxylation sites is 1. The topological polar surface area (TPSA) is 41.1 Å². The number of hydrogen-bond donors (Lipinski definition) is 1. The van der Waals surface area contributed by atoms with E-state index in [-0.39, 0.29) is 0 Å². The van der Waals surface area contributed by atoms with E-state index >= 15 is 0 Å². The van der Waals surface area contributed by atoms with Gasteiger partial charge in [-0.1, -0.05) is 35.9 Å². The van der Waals surface area contributed by atoms with Crippen LogP contribution in [0.3, 0.4) is 0 Å². The van der Waals surface area contributed by atoms with Gasteiger partial charge in [0.05, 0.1) is 0 Å². The molecule has 1 aliphatic rings. The predicted octanol–water partition coefficient (Wildman–Crippen LogP) is 4.74. The van der Waals surface area contributed by atoms with Gasteiger partial charge in [0.1, 0.15) is 17.5 Å². The van der Waals surface area contributed by atoms with Crippen LogP contribution in [0, 0.1) is 6.92 Å². The Morgan fingerprint density at radius 2 is 1.84 bits per heavy atom. The minimum absolute atomic E-state index is 0.762. The summed E-state index contributed by atoms with van der Waals surface area (Å²) in [7, 11) is 0. The average Bonchev–Trinajstić information content (AvgIpc) is 2.61. The highest BCUT2D eigenvalue weighted by Crippen LogP contribution is 2.27. The molecular formula is C20H19ClN4. The molecule has 1 aromatic heterocycles. The number of rotatable bonds is 3. The fourth-order valence-electron chi connectivity index (χ4n) is 3.16. The quantitative estimate of drug-likeness (QED) is 0.740. The lowest BCUT2D eigenvalue weighted by molar-refractivity contribution is 0.717. The monoisotopic (exact) mass is 350 g/mol. The second kappa shape index (κ2) is 6.73. The lowest BCUT2D eigenvalue weighted by atomic mass is 10.00. The number of nitrogens with zero attached hydrogens (tertiary/aromatic N) is 3. The lowest BCUT2D eigenvalue weighted by Crippen LogP contribution is -2.31. The molecule has 4 rings (SSSR count). The Balaban J connectivity index is 1.59. The molecule has 126 valence electrons. The van der Waals surface area contributed by atoms with Gasteiger partial charge in [0.2, 0.25) is 0 Å². The molecule has 4 nitrogen and oxygen atoms in total. The number of anilines is 3. The Bertz CT molecular complexity index is 895. The van der Waals surface area contributed by atoms with Crippen LogP contribution in [0.4, 0.5) is 17.3 Å². The third-order valence-corrected chi connectivity index (χ3v) is 4.61. The second-order valence-electron chi connectivity index (χ2n) is 6.23. The van der Waals surface area contributed by atoms with Crippen LogP contribution in [0.15, 0.2) is 54.6 Å². The van der Waals surface area contributed by atoms with Gasteiger partial charge in [-0.05, 0) is 48.7 Å².